The average molecular weight is 236 g/mol. The summed E-state index contributed by atoms with van der Waals surface area (Å²) in [5, 5.41) is 8.77. The van der Waals surface area contributed by atoms with Gasteiger partial charge in [0.1, 0.15) is 11.5 Å². The third kappa shape index (κ3) is 5.50. The highest BCUT2D eigenvalue weighted by atomic mass is 16.5. The Morgan fingerprint density at radius 3 is 2.59 bits per heavy atom. The lowest BCUT2D eigenvalue weighted by Crippen LogP contribution is -2.02. The van der Waals surface area contributed by atoms with Crippen molar-refractivity contribution in [2.75, 3.05) is 13.2 Å². The predicted octanol–water partition coefficient (Wildman–Crippen LogP) is 2.36. The zero-order valence-corrected chi connectivity index (χ0v) is 10.3. The second-order valence-corrected chi connectivity index (χ2v) is 3.96. The highest BCUT2D eigenvalue weighted by Crippen LogP contribution is 2.13. The first-order valence-corrected chi connectivity index (χ1v) is 6.10. The van der Waals surface area contributed by atoms with E-state index in [-0.39, 0.29) is 12.4 Å². The van der Waals surface area contributed by atoms with E-state index in [2.05, 4.69) is 0 Å². The number of benzene rings is 1. The van der Waals surface area contributed by atoms with E-state index in [1.54, 1.807) is 0 Å². The predicted molar refractivity (Wildman–Crippen MR) is 67.3 cm³/mol. The zero-order chi connectivity index (χ0) is 12.5. The van der Waals surface area contributed by atoms with Gasteiger partial charge in [0.15, 0.2) is 0 Å². The van der Waals surface area contributed by atoms with Gasteiger partial charge in [0, 0.05) is 19.4 Å². The van der Waals surface area contributed by atoms with Crippen molar-refractivity contribution in [1.82, 2.24) is 0 Å². The third-order valence-corrected chi connectivity index (χ3v) is 2.59. The van der Waals surface area contributed by atoms with Gasteiger partial charge in [-0.3, -0.25) is 4.79 Å². The lowest BCUT2D eigenvalue weighted by atomic mass is 10.1. The molecule has 0 aliphatic carbocycles. The van der Waals surface area contributed by atoms with Gasteiger partial charge in [-0.05, 0) is 30.5 Å². The number of aliphatic hydroxyl groups is 1. The molecule has 1 aromatic carbocycles. The van der Waals surface area contributed by atoms with Crippen molar-refractivity contribution in [3.05, 3.63) is 29.8 Å². The first-order chi connectivity index (χ1) is 8.26. The molecule has 0 aromatic heterocycles. The molecular weight excluding hydrogens is 216 g/mol. The van der Waals surface area contributed by atoms with Crippen molar-refractivity contribution < 1.29 is 14.6 Å². The number of Topliss-reactive ketones (excluding diaryl/α,β-unsaturated/α-hetero) is 1. The first kappa shape index (κ1) is 13.7. The van der Waals surface area contributed by atoms with E-state index in [0.29, 0.717) is 25.9 Å². The maximum absolute atomic E-state index is 11.1. The third-order valence-electron chi connectivity index (χ3n) is 2.59. The average Bonchev–Trinajstić information content (AvgIpc) is 2.36. The van der Waals surface area contributed by atoms with Gasteiger partial charge in [0.2, 0.25) is 0 Å². The number of rotatable bonds is 8. The standard InChI is InChI=1S/C14H20O3/c1-2-13(16)4-3-11-17-14-7-5-12(6-8-14)9-10-15/h5-8,15H,2-4,9-11H2,1H3. The lowest BCUT2D eigenvalue weighted by Gasteiger charge is -2.06. The summed E-state index contributed by atoms with van der Waals surface area (Å²) >= 11 is 0. The van der Waals surface area contributed by atoms with E-state index >= 15 is 0 Å². The highest BCUT2D eigenvalue weighted by molar-refractivity contribution is 5.77. The van der Waals surface area contributed by atoms with Crippen LogP contribution in [0, 0.1) is 0 Å². The topological polar surface area (TPSA) is 46.5 Å². The van der Waals surface area contributed by atoms with Crippen LogP contribution in [0.1, 0.15) is 31.7 Å². The molecule has 3 heteroatoms. The zero-order valence-electron chi connectivity index (χ0n) is 10.3. The van der Waals surface area contributed by atoms with E-state index in [1.165, 1.54) is 0 Å². The van der Waals surface area contributed by atoms with Gasteiger partial charge in [-0.15, -0.1) is 0 Å². The fourth-order valence-corrected chi connectivity index (χ4v) is 1.52. The Bertz CT molecular complexity index is 330. The summed E-state index contributed by atoms with van der Waals surface area (Å²) in [6, 6.07) is 7.69. The van der Waals surface area contributed by atoms with Crippen LogP contribution < -0.4 is 4.74 Å². The monoisotopic (exact) mass is 236 g/mol. The Morgan fingerprint density at radius 2 is 2.00 bits per heavy atom. The van der Waals surface area contributed by atoms with Crippen LogP contribution in [-0.2, 0) is 11.2 Å². The van der Waals surface area contributed by atoms with Gasteiger partial charge in [0.25, 0.3) is 0 Å². The molecule has 1 aromatic rings. The van der Waals surface area contributed by atoms with E-state index < -0.39 is 0 Å². The van der Waals surface area contributed by atoms with Gasteiger partial charge in [-0.25, -0.2) is 0 Å². The Hall–Kier alpha value is -1.35. The van der Waals surface area contributed by atoms with Gasteiger partial charge in [0.05, 0.1) is 6.61 Å². The molecule has 0 fully saturated rings. The fourth-order valence-electron chi connectivity index (χ4n) is 1.52. The van der Waals surface area contributed by atoms with Crippen molar-refractivity contribution >= 4 is 5.78 Å². The van der Waals surface area contributed by atoms with Crippen LogP contribution in [0.3, 0.4) is 0 Å². The smallest absolute Gasteiger partial charge is 0.132 e. The molecule has 0 aliphatic heterocycles. The van der Waals surface area contributed by atoms with Crippen molar-refractivity contribution in [2.24, 2.45) is 0 Å². The van der Waals surface area contributed by atoms with Crippen LogP contribution in [0.25, 0.3) is 0 Å². The molecule has 0 saturated heterocycles. The molecule has 0 amide bonds. The summed E-state index contributed by atoms with van der Waals surface area (Å²) in [6.45, 7) is 2.62. The SMILES string of the molecule is CCC(=O)CCCOc1ccc(CCO)cc1. The van der Waals surface area contributed by atoms with Crippen LogP contribution in [0.15, 0.2) is 24.3 Å². The Kier molecular flexibility index (Phi) is 6.33. The van der Waals surface area contributed by atoms with E-state index in [4.69, 9.17) is 9.84 Å². The summed E-state index contributed by atoms with van der Waals surface area (Å²) in [5.74, 6) is 1.10. The van der Waals surface area contributed by atoms with Gasteiger partial charge in [-0.1, -0.05) is 19.1 Å². The summed E-state index contributed by atoms with van der Waals surface area (Å²) in [7, 11) is 0. The molecule has 94 valence electrons. The molecule has 0 heterocycles. The summed E-state index contributed by atoms with van der Waals surface area (Å²) < 4.78 is 5.52. The fraction of sp³-hybridized carbons (Fsp3) is 0.500. The Morgan fingerprint density at radius 1 is 1.29 bits per heavy atom. The number of hydrogen-bond acceptors (Lipinski definition) is 3. The molecule has 0 bridgehead atoms. The second kappa shape index (κ2) is 7.85. The number of carbonyl (C=O) groups excluding carboxylic acids is 1. The molecule has 0 spiro atoms. The minimum absolute atomic E-state index is 0.166. The number of hydrogen-bond donors (Lipinski definition) is 1. The van der Waals surface area contributed by atoms with Crippen LogP contribution in [-0.4, -0.2) is 24.1 Å². The molecule has 0 saturated carbocycles. The molecule has 0 radical (unpaired) electrons. The van der Waals surface area contributed by atoms with Crippen molar-refractivity contribution in [1.29, 1.82) is 0 Å². The van der Waals surface area contributed by atoms with Crippen molar-refractivity contribution in [2.45, 2.75) is 32.6 Å². The van der Waals surface area contributed by atoms with Gasteiger partial charge in [-0.2, -0.15) is 0 Å². The maximum atomic E-state index is 11.1. The molecule has 0 aliphatic rings. The number of carbonyl (C=O) groups is 1. The molecular formula is C14H20O3. The number of ketones is 1. The van der Waals surface area contributed by atoms with Crippen molar-refractivity contribution in [3.63, 3.8) is 0 Å². The summed E-state index contributed by atoms with van der Waals surface area (Å²) in [6.07, 6.45) is 2.64. The molecule has 1 N–H and O–H groups in total. The van der Waals surface area contributed by atoms with E-state index in [1.807, 2.05) is 31.2 Å². The number of aliphatic hydroxyl groups excluding tert-OH is 1. The van der Waals surface area contributed by atoms with Crippen LogP contribution in [0.4, 0.5) is 0 Å². The van der Waals surface area contributed by atoms with Gasteiger partial charge < -0.3 is 9.84 Å². The Labute approximate surface area is 102 Å². The molecule has 0 unspecified atom stereocenters. The highest BCUT2D eigenvalue weighted by Gasteiger charge is 1.99. The first-order valence-electron chi connectivity index (χ1n) is 6.10. The molecule has 3 nitrogen and oxygen atoms in total. The summed E-state index contributed by atoms with van der Waals surface area (Å²) in [4.78, 5) is 11.1. The van der Waals surface area contributed by atoms with Crippen LogP contribution in [0.5, 0.6) is 5.75 Å². The lowest BCUT2D eigenvalue weighted by molar-refractivity contribution is -0.118. The van der Waals surface area contributed by atoms with Gasteiger partial charge >= 0.3 is 0 Å². The molecule has 1 rings (SSSR count). The largest absolute Gasteiger partial charge is 0.494 e. The van der Waals surface area contributed by atoms with Crippen molar-refractivity contribution in [3.8, 4) is 5.75 Å². The quantitative estimate of drug-likeness (QED) is 0.705. The second-order valence-electron chi connectivity index (χ2n) is 3.96. The van der Waals surface area contributed by atoms with E-state index in [0.717, 1.165) is 17.7 Å². The minimum atomic E-state index is 0.166. The normalized spacial score (nSPS) is 10.2. The molecule has 17 heavy (non-hydrogen) atoms. The number of ether oxygens (including phenoxy) is 1. The minimum Gasteiger partial charge on any atom is -0.494 e. The van der Waals surface area contributed by atoms with Crippen LogP contribution in [0.2, 0.25) is 0 Å². The van der Waals surface area contributed by atoms with Crippen LogP contribution >= 0.6 is 0 Å². The summed E-state index contributed by atoms with van der Waals surface area (Å²) in [5.41, 5.74) is 1.10. The van der Waals surface area contributed by atoms with E-state index in [9.17, 15) is 4.79 Å². The maximum Gasteiger partial charge on any atom is 0.132 e. The molecule has 0 atom stereocenters. The Balaban J connectivity index is 2.25.